The first-order valence-corrected chi connectivity index (χ1v) is 5.99. The molecule has 0 unspecified atom stereocenters. The molecule has 0 aliphatic rings. The molecule has 19 heavy (non-hydrogen) atoms. The summed E-state index contributed by atoms with van der Waals surface area (Å²) >= 11 is 0. The molecule has 2 heterocycles. The predicted octanol–water partition coefficient (Wildman–Crippen LogP) is 1.03. The van der Waals surface area contributed by atoms with Crippen LogP contribution in [-0.2, 0) is 0 Å². The third-order valence-electron chi connectivity index (χ3n) is 2.72. The maximum atomic E-state index is 12.1. The van der Waals surface area contributed by atoms with Gasteiger partial charge in [0.25, 0.3) is 5.91 Å². The molecule has 6 heteroatoms. The van der Waals surface area contributed by atoms with Crippen molar-refractivity contribution in [3.8, 4) is 11.3 Å². The lowest BCUT2D eigenvalue weighted by molar-refractivity contribution is 0.0786. The number of likely N-dealkylation sites (N-methyl/N-ethyl adjacent to an activating group) is 2. The van der Waals surface area contributed by atoms with E-state index in [2.05, 4.69) is 15.5 Å². The molecule has 0 atom stereocenters. The first-order chi connectivity index (χ1) is 9.22. The summed E-state index contributed by atoms with van der Waals surface area (Å²) in [6.07, 6.45) is 3.34. The zero-order chi connectivity index (χ0) is 13.7. The first-order valence-electron chi connectivity index (χ1n) is 5.99. The van der Waals surface area contributed by atoms with Crippen LogP contribution in [0.4, 0.5) is 0 Å². The number of nitrogens with zero attached hydrogens (tertiary/aromatic N) is 3. The van der Waals surface area contributed by atoms with Crippen molar-refractivity contribution in [2.24, 2.45) is 0 Å². The Balaban J connectivity index is 2.11. The molecule has 0 fully saturated rings. The third kappa shape index (κ3) is 3.17. The van der Waals surface area contributed by atoms with E-state index in [0.29, 0.717) is 18.0 Å². The highest BCUT2D eigenvalue weighted by Crippen LogP contribution is 2.19. The topological polar surface area (TPSA) is 71.3 Å². The predicted molar refractivity (Wildman–Crippen MR) is 70.6 cm³/mol. The zero-order valence-corrected chi connectivity index (χ0v) is 11.0. The fourth-order valence-electron chi connectivity index (χ4n) is 1.60. The van der Waals surface area contributed by atoms with E-state index in [-0.39, 0.29) is 5.91 Å². The molecular weight excluding hydrogens is 244 g/mol. The summed E-state index contributed by atoms with van der Waals surface area (Å²) < 4.78 is 5.17. The highest BCUT2D eigenvalue weighted by molar-refractivity contribution is 5.92. The molecule has 2 aromatic rings. The number of amides is 1. The molecule has 0 aliphatic carbocycles. The minimum Gasteiger partial charge on any atom is -0.355 e. The number of hydrogen-bond donors (Lipinski definition) is 1. The number of nitrogens with one attached hydrogen (secondary N) is 1. The van der Waals surface area contributed by atoms with Gasteiger partial charge in [-0.1, -0.05) is 5.16 Å². The summed E-state index contributed by atoms with van der Waals surface area (Å²) in [6.45, 7) is 1.35. The molecule has 2 rings (SSSR count). The van der Waals surface area contributed by atoms with Gasteiger partial charge in [0.15, 0.2) is 11.5 Å². The summed E-state index contributed by atoms with van der Waals surface area (Å²) in [5.74, 6) is 0.382. The maximum absolute atomic E-state index is 12.1. The van der Waals surface area contributed by atoms with Crippen molar-refractivity contribution in [2.75, 3.05) is 27.2 Å². The molecule has 0 radical (unpaired) electrons. The number of aromatic nitrogens is 2. The Morgan fingerprint density at radius 2 is 2.37 bits per heavy atom. The van der Waals surface area contributed by atoms with Gasteiger partial charge >= 0.3 is 0 Å². The average molecular weight is 260 g/mol. The summed E-state index contributed by atoms with van der Waals surface area (Å²) in [7, 11) is 3.58. The van der Waals surface area contributed by atoms with Crippen LogP contribution in [0.15, 0.2) is 35.1 Å². The highest BCUT2D eigenvalue weighted by Gasteiger charge is 2.17. The number of hydrogen-bond acceptors (Lipinski definition) is 5. The Morgan fingerprint density at radius 3 is 3.05 bits per heavy atom. The van der Waals surface area contributed by atoms with Gasteiger partial charge in [-0.05, 0) is 19.2 Å². The van der Waals surface area contributed by atoms with E-state index in [1.165, 1.54) is 0 Å². The van der Waals surface area contributed by atoms with Crippen LogP contribution < -0.4 is 5.32 Å². The van der Waals surface area contributed by atoms with E-state index in [4.69, 9.17) is 4.52 Å². The van der Waals surface area contributed by atoms with Crippen LogP contribution >= 0.6 is 0 Å². The van der Waals surface area contributed by atoms with Crippen LogP contribution in [0.5, 0.6) is 0 Å². The molecule has 0 saturated heterocycles. The Hall–Kier alpha value is -2.21. The monoisotopic (exact) mass is 260 g/mol. The molecule has 100 valence electrons. The normalized spacial score (nSPS) is 10.4. The fraction of sp³-hybridized carbons (Fsp3) is 0.308. The minimum atomic E-state index is -0.158. The van der Waals surface area contributed by atoms with Gasteiger partial charge in [-0.3, -0.25) is 9.78 Å². The second-order valence-electron chi connectivity index (χ2n) is 4.15. The molecule has 2 aromatic heterocycles. The van der Waals surface area contributed by atoms with Crippen LogP contribution in [0.3, 0.4) is 0 Å². The molecule has 0 bridgehead atoms. The van der Waals surface area contributed by atoms with Crippen molar-refractivity contribution in [3.63, 3.8) is 0 Å². The molecular formula is C13H16N4O2. The minimum absolute atomic E-state index is 0.158. The lowest BCUT2D eigenvalue weighted by Gasteiger charge is -2.14. The molecule has 6 nitrogen and oxygen atoms in total. The van der Waals surface area contributed by atoms with Crippen molar-refractivity contribution in [2.45, 2.75) is 0 Å². The molecule has 0 aromatic carbocycles. The molecule has 0 saturated carbocycles. The molecule has 1 amide bonds. The van der Waals surface area contributed by atoms with Crippen LogP contribution in [0.1, 0.15) is 10.5 Å². The number of pyridine rings is 1. The lowest BCUT2D eigenvalue weighted by atomic mass is 10.2. The van der Waals surface area contributed by atoms with E-state index in [1.807, 2.05) is 13.1 Å². The standard InChI is InChI=1S/C13H16N4O2/c1-14-6-7-17(2)13(18)11-8-12(19-16-11)10-4-3-5-15-9-10/h3-5,8-9,14H,6-7H2,1-2H3. The second-order valence-corrected chi connectivity index (χ2v) is 4.15. The van der Waals surface area contributed by atoms with Gasteiger partial charge in [0.1, 0.15) is 0 Å². The van der Waals surface area contributed by atoms with Gasteiger partial charge in [0.2, 0.25) is 0 Å². The Kier molecular flexibility index (Phi) is 4.25. The summed E-state index contributed by atoms with van der Waals surface area (Å²) in [4.78, 5) is 17.7. The van der Waals surface area contributed by atoms with Gasteiger partial charge in [0.05, 0.1) is 0 Å². The van der Waals surface area contributed by atoms with Gasteiger partial charge in [0, 0.05) is 44.2 Å². The van der Waals surface area contributed by atoms with E-state index < -0.39 is 0 Å². The number of carbonyl (C=O) groups excluding carboxylic acids is 1. The lowest BCUT2D eigenvalue weighted by Crippen LogP contribution is -2.32. The van der Waals surface area contributed by atoms with Crippen LogP contribution in [0.25, 0.3) is 11.3 Å². The molecule has 0 aliphatic heterocycles. The number of rotatable bonds is 5. The van der Waals surface area contributed by atoms with Gasteiger partial charge in [-0.2, -0.15) is 0 Å². The zero-order valence-electron chi connectivity index (χ0n) is 11.0. The van der Waals surface area contributed by atoms with Gasteiger partial charge < -0.3 is 14.7 Å². The van der Waals surface area contributed by atoms with Crippen LogP contribution in [-0.4, -0.2) is 48.1 Å². The van der Waals surface area contributed by atoms with Crippen molar-refractivity contribution in [1.82, 2.24) is 20.4 Å². The average Bonchev–Trinajstić information content (AvgIpc) is 2.94. The number of carbonyl (C=O) groups is 1. The summed E-state index contributed by atoms with van der Waals surface area (Å²) in [6, 6.07) is 5.29. The van der Waals surface area contributed by atoms with Crippen LogP contribution in [0, 0.1) is 0 Å². The van der Waals surface area contributed by atoms with E-state index in [9.17, 15) is 4.79 Å². The molecule has 1 N–H and O–H groups in total. The summed E-state index contributed by atoms with van der Waals surface area (Å²) in [5, 5.41) is 6.80. The quantitative estimate of drug-likeness (QED) is 0.869. The van der Waals surface area contributed by atoms with Crippen molar-refractivity contribution in [3.05, 3.63) is 36.3 Å². The second kappa shape index (κ2) is 6.10. The van der Waals surface area contributed by atoms with E-state index in [1.54, 1.807) is 36.5 Å². The SMILES string of the molecule is CNCCN(C)C(=O)c1cc(-c2cccnc2)on1. The largest absolute Gasteiger partial charge is 0.355 e. The van der Waals surface area contributed by atoms with E-state index >= 15 is 0 Å². The first kappa shape index (κ1) is 13.2. The maximum Gasteiger partial charge on any atom is 0.275 e. The Morgan fingerprint density at radius 1 is 1.53 bits per heavy atom. The Bertz CT molecular complexity index is 539. The van der Waals surface area contributed by atoms with Crippen LogP contribution in [0.2, 0.25) is 0 Å². The van der Waals surface area contributed by atoms with Crippen molar-refractivity contribution < 1.29 is 9.32 Å². The van der Waals surface area contributed by atoms with E-state index in [0.717, 1.165) is 12.1 Å². The smallest absolute Gasteiger partial charge is 0.275 e. The fourth-order valence-corrected chi connectivity index (χ4v) is 1.60. The van der Waals surface area contributed by atoms with Gasteiger partial charge in [-0.25, -0.2) is 0 Å². The van der Waals surface area contributed by atoms with Crippen molar-refractivity contribution >= 4 is 5.91 Å². The Labute approximate surface area is 111 Å². The summed E-state index contributed by atoms with van der Waals surface area (Å²) in [5.41, 5.74) is 1.10. The third-order valence-corrected chi connectivity index (χ3v) is 2.72. The van der Waals surface area contributed by atoms with Crippen molar-refractivity contribution in [1.29, 1.82) is 0 Å². The highest BCUT2D eigenvalue weighted by atomic mass is 16.5. The van der Waals surface area contributed by atoms with Gasteiger partial charge in [-0.15, -0.1) is 0 Å². The molecule has 0 spiro atoms.